The predicted molar refractivity (Wildman–Crippen MR) is 76.8 cm³/mol. The van der Waals surface area contributed by atoms with Crippen LogP contribution in [-0.4, -0.2) is 31.4 Å². The molecule has 1 amide bonds. The number of nitrogens with two attached hydrogens (primary N) is 1. The molecule has 0 radical (unpaired) electrons. The zero-order valence-corrected chi connectivity index (χ0v) is 11.4. The molecular weight excluding hydrogens is 226 g/mol. The predicted octanol–water partition coefficient (Wildman–Crippen LogP) is 2.35. The van der Waals surface area contributed by atoms with Gasteiger partial charge < -0.3 is 16.0 Å². The Bertz CT molecular complexity index is 460. The average molecular weight is 247 g/mol. The van der Waals surface area contributed by atoms with E-state index in [9.17, 15) is 4.79 Å². The Hall–Kier alpha value is -1.97. The summed E-state index contributed by atoms with van der Waals surface area (Å²) in [6.45, 7) is 4.82. The SMILES string of the molecule is CC(C)=CCNc1ccc(C(=O)N(C)C)cc1N. The van der Waals surface area contributed by atoms with Crippen molar-refractivity contribution in [2.45, 2.75) is 13.8 Å². The molecule has 1 aromatic carbocycles. The van der Waals surface area contributed by atoms with E-state index >= 15 is 0 Å². The van der Waals surface area contributed by atoms with Gasteiger partial charge in [-0.05, 0) is 32.0 Å². The van der Waals surface area contributed by atoms with Gasteiger partial charge in [-0.1, -0.05) is 11.6 Å². The summed E-state index contributed by atoms with van der Waals surface area (Å²) >= 11 is 0. The molecule has 0 saturated carbocycles. The van der Waals surface area contributed by atoms with Gasteiger partial charge in [0.05, 0.1) is 11.4 Å². The highest BCUT2D eigenvalue weighted by Crippen LogP contribution is 2.20. The average Bonchev–Trinajstić information content (AvgIpc) is 2.29. The van der Waals surface area contributed by atoms with Gasteiger partial charge in [-0.25, -0.2) is 0 Å². The fraction of sp³-hybridized carbons (Fsp3) is 0.357. The molecule has 1 rings (SSSR count). The Kier molecular flexibility index (Phi) is 4.77. The molecule has 3 N–H and O–H groups in total. The molecule has 0 heterocycles. The number of carbonyl (C=O) groups is 1. The maximum absolute atomic E-state index is 11.8. The van der Waals surface area contributed by atoms with Gasteiger partial charge in [-0.2, -0.15) is 0 Å². The summed E-state index contributed by atoms with van der Waals surface area (Å²) in [4.78, 5) is 13.3. The highest BCUT2D eigenvalue weighted by atomic mass is 16.2. The van der Waals surface area contributed by atoms with Crippen LogP contribution in [0.15, 0.2) is 29.8 Å². The smallest absolute Gasteiger partial charge is 0.253 e. The Labute approximate surface area is 108 Å². The third kappa shape index (κ3) is 3.80. The second kappa shape index (κ2) is 6.10. The normalized spacial score (nSPS) is 9.78. The lowest BCUT2D eigenvalue weighted by Gasteiger charge is -2.13. The lowest BCUT2D eigenvalue weighted by atomic mass is 10.1. The number of nitrogens with zero attached hydrogens (tertiary/aromatic N) is 1. The highest BCUT2D eigenvalue weighted by Gasteiger charge is 2.09. The number of carbonyl (C=O) groups excluding carboxylic acids is 1. The molecule has 4 nitrogen and oxygen atoms in total. The molecule has 0 atom stereocenters. The van der Waals surface area contributed by atoms with Crippen LogP contribution >= 0.6 is 0 Å². The van der Waals surface area contributed by atoms with Crippen molar-refractivity contribution in [3.05, 3.63) is 35.4 Å². The molecule has 4 heteroatoms. The van der Waals surface area contributed by atoms with Crippen LogP contribution in [0.2, 0.25) is 0 Å². The molecule has 0 saturated heterocycles. The summed E-state index contributed by atoms with van der Waals surface area (Å²) in [6.07, 6.45) is 2.08. The highest BCUT2D eigenvalue weighted by molar-refractivity contribution is 5.95. The number of anilines is 2. The van der Waals surface area contributed by atoms with Crippen molar-refractivity contribution < 1.29 is 4.79 Å². The molecule has 0 bridgehead atoms. The van der Waals surface area contributed by atoms with Gasteiger partial charge >= 0.3 is 0 Å². The van der Waals surface area contributed by atoms with Gasteiger partial charge in [0.25, 0.3) is 5.91 Å². The second-order valence-electron chi connectivity index (χ2n) is 4.66. The first kappa shape index (κ1) is 14.1. The van der Waals surface area contributed by atoms with Crippen molar-refractivity contribution >= 4 is 17.3 Å². The number of benzene rings is 1. The van der Waals surface area contributed by atoms with E-state index in [4.69, 9.17) is 5.73 Å². The molecule has 0 aliphatic rings. The zero-order chi connectivity index (χ0) is 13.7. The first-order chi connectivity index (χ1) is 8.41. The minimum atomic E-state index is -0.0439. The molecule has 0 fully saturated rings. The summed E-state index contributed by atoms with van der Waals surface area (Å²) in [5, 5.41) is 3.21. The number of nitrogen functional groups attached to an aromatic ring is 1. The number of hydrogen-bond donors (Lipinski definition) is 2. The first-order valence-electron chi connectivity index (χ1n) is 5.90. The maximum atomic E-state index is 11.8. The monoisotopic (exact) mass is 247 g/mol. The van der Waals surface area contributed by atoms with Crippen LogP contribution in [0.4, 0.5) is 11.4 Å². The summed E-state index contributed by atoms with van der Waals surface area (Å²) in [7, 11) is 3.44. The lowest BCUT2D eigenvalue weighted by Crippen LogP contribution is -2.21. The number of allylic oxidation sites excluding steroid dienone is 1. The fourth-order valence-corrected chi connectivity index (χ4v) is 1.48. The molecule has 98 valence electrons. The Balaban J connectivity index is 2.80. The molecule has 18 heavy (non-hydrogen) atoms. The van der Waals surface area contributed by atoms with Crippen LogP contribution in [0.25, 0.3) is 0 Å². The zero-order valence-electron chi connectivity index (χ0n) is 11.4. The standard InChI is InChI=1S/C14H21N3O/c1-10(2)7-8-16-13-6-5-11(9-12(13)15)14(18)17(3)4/h5-7,9,16H,8,15H2,1-4H3. The molecule has 0 unspecified atom stereocenters. The van der Waals surface area contributed by atoms with E-state index in [0.29, 0.717) is 11.3 Å². The Morgan fingerprint density at radius 3 is 2.56 bits per heavy atom. The second-order valence-corrected chi connectivity index (χ2v) is 4.66. The summed E-state index contributed by atoms with van der Waals surface area (Å²) in [6, 6.07) is 5.32. The van der Waals surface area contributed by atoms with Gasteiger partial charge in [-0.3, -0.25) is 4.79 Å². The van der Waals surface area contributed by atoms with Crippen molar-refractivity contribution in [3.63, 3.8) is 0 Å². The topological polar surface area (TPSA) is 58.4 Å². The van der Waals surface area contributed by atoms with Crippen LogP contribution in [-0.2, 0) is 0 Å². The summed E-state index contributed by atoms with van der Waals surface area (Å²) in [5.41, 5.74) is 9.21. The number of amides is 1. The quantitative estimate of drug-likeness (QED) is 0.634. The fourth-order valence-electron chi connectivity index (χ4n) is 1.48. The minimum Gasteiger partial charge on any atom is -0.397 e. The number of nitrogens with one attached hydrogen (secondary N) is 1. The van der Waals surface area contributed by atoms with Crippen LogP contribution in [0, 0.1) is 0 Å². The van der Waals surface area contributed by atoms with Crippen molar-refractivity contribution in [1.82, 2.24) is 4.90 Å². The molecule has 0 aliphatic carbocycles. The molecule has 0 spiro atoms. The van der Waals surface area contributed by atoms with E-state index in [1.165, 1.54) is 10.5 Å². The third-order valence-electron chi connectivity index (χ3n) is 2.51. The van der Waals surface area contributed by atoms with E-state index in [1.807, 2.05) is 19.9 Å². The Morgan fingerprint density at radius 1 is 1.39 bits per heavy atom. The third-order valence-corrected chi connectivity index (χ3v) is 2.51. The molecule has 0 aromatic heterocycles. The van der Waals surface area contributed by atoms with E-state index in [2.05, 4.69) is 11.4 Å². The van der Waals surface area contributed by atoms with Gasteiger partial charge in [-0.15, -0.1) is 0 Å². The minimum absolute atomic E-state index is 0.0439. The van der Waals surface area contributed by atoms with Gasteiger partial charge in [0.1, 0.15) is 0 Å². The van der Waals surface area contributed by atoms with Crippen molar-refractivity contribution in [2.75, 3.05) is 31.7 Å². The van der Waals surface area contributed by atoms with Crippen LogP contribution in [0.5, 0.6) is 0 Å². The number of hydrogen-bond acceptors (Lipinski definition) is 3. The van der Waals surface area contributed by atoms with Crippen molar-refractivity contribution in [1.29, 1.82) is 0 Å². The lowest BCUT2D eigenvalue weighted by molar-refractivity contribution is 0.0827. The van der Waals surface area contributed by atoms with Crippen LogP contribution in [0.1, 0.15) is 24.2 Å². The van der Waals surface area contributed by atoms with Crippen molar-refractivity contribution in [3.8, 4) is 0 Å². The van der Waals surface area contributed by atoms with E-state index in [1.54, 1.807) is 26.2 Å². The summed E-state index contributed by atoms with van der Waals surface area (Å²) in [5.74, 6) is -0.0439. The summed E-state index contributed by atoms with van der Waals surface area (Å²) < 4.78 is 0. The maximum Gasteiger partial charge on any atom is 0.253 e. The molecular formula is C14H21N3O. The molecule has 1 aromatic rings. The van der Waals surface area contributed by atoms with E-state index < -0.39 is 0 Å². The van der Waals surface area contributed by atoms with E-state index in [-0.39, 0.29) is 5.91 Å². The van der Waals surface area contributed by atoms with Crippen LogP contribution in [0.3, 0.4) is 0 Å². The Morgan fingerprint density at radius 2 is 2.06 bits per heavy atom. The van der Waals surface area contributed by atoms with E-state index in [0.717, 1.165) is 12.2 Å². The van der Waals surface area contributed by atoms with Gasteiger partial charge in [0.2, 0.25) is 0 Å². The first-order valence-corrected chi connectivity index (χ1v) is 5.90. The van der Waals surface area contributed by atoms with Gasteiger partial charge in [0.15, 0.2) is 0 Å². The van der Waals surface area contributed by atoms with Gasteiger partial charge in [0, 0.05) is 26.2 Å². The van der Waals surface area contributed by atoms with Crippen LogP contribution < -0.4 is 11.1 Å². The largest absolute Gasteiger partial charge is 0.397 e. The van der Waals surface area contributed by atoms with Crippen molar-refractivity contribution in [2.24, 2.45) is 0 Å². The molecule has 0 aliphatic heterocycles. The number of rotatable bonds is 4.